The predicted molar refractivity (Wildman–Crippen MR) is 57.1 cm³/mol. The van der Waals surface area contributed by atoms with E-state index in [-0.39, 0.29) is 6.42 Å². The molecule has 0 bridgehead atoms. The minimum Gasteiger partial charge on any atom is -0.479 e. The molecule has 0 spiro atoms. The lowest BCUT2D eigenvalue weighted by Crippen LogP contribution is -2.61. The van der Waals surface area contributed by atoms with Crippen LogP contribution in [0.5, 0.6) is 0 Å². The first kappa shape index (κ1) is 15.8. The molecule has 0 aromatic rings. The molecule has 0 aromatic carbocycles. The van der Waals surface area contributed by atoms with E-state index in [1.54, 1.807) is 0 Å². The van der Waals surface area contributed by atoms with Crippen LogP contribution in [0.15, 0.2) is 0 Å². The zero-order chi connectivity index (χ0) is 14.7. The van der Waals surface area contributed by atoms with Crippen LogP contribution in [0.4, 0.5) is 0 Å². The lowest BCUT2D eigenvalue weighted by atomic mass is 9.99. The Hall–Kier alpha value is -1.26. The van der Waals surface area contributed by atoms with Crippen LogP contribution < -0.4 is 0 Å². The zero-order valence-electron chi connectivity index (χ0n) is 10.0. The maximum absolute atomic E-state index is 10.8. The van der Waals surface area contributed by atoms with E-state index in [0.717, 1.165) is 0 Å². The van der Waals surface area contributed by atoms with Gasteiger partial charge in [-0.05, 0) is 6.42 Å². The minimum absolute atomic E-state index is 0.0539. The molecule has 1 aliphatic rings. The SMILES string of the molecule is CCC(OC1OC(C(=O)O)[C@@H](O)C(O)[C@H]1O)C(=O)O. The van der Waals surface area contributed by atoms with Crippen LogP contribution >= 0.6 is 0 Å². The first-order valence-corrected chi connectivity index (χ1v) is 5.60. The van der Waals surface area contributed by atoms with Gasteiger partial charge >= 0.3 is 11.9 Å². The average Bonchev–Trinajstić information content (AvgIpc) is 2.34. The van der Waals surface area contributed by atoms with Gasteiger partial charge in [-0.25, -0.2) is 9.59 Å². The number of aliphatic carboxylic acids is 2. The van der Waals surface area contributed by atoms with Gasteiger partial charge in [0.1, 0.15) is 18.3 Å². The molecule has 1 rings (SSSR count). The average molecular weight is 280 g/mol. The number of ether oxygens (including phenoxy) is 2. The van der Waals surface area contributed by atoms with Crippen molar-refractivity contribution in [1.29, 1.82) is 0 Å². The fourth-order valence-electron chi connectivity index (χ4n) is 1.66. The Morgan fingerprint density at radius 2 is 1.74 bits per heavy atom. The van der Waals surface area contributed by atoms with Crippen molar-refractivity contribution in [2.24, 2.45) is 0 Å². The third-order valence-electron chi connectivity index (χ3n) is 2.76. The van der Waals surface area contributed by atoms with Crippen LogP contribution in [0.1, 0.15) is 13.3 Å². The standard InChI is InChI=1S/C10H16O9/c1-2-3(8(14)15)18-10-6(13)4(11)5(12)7(19-10)9(16)17/h3-7,10-13H,2H2,1H3,(H,14,15)(H,16,17)/t3?,4?,5-,6+,7?,10?/m0/s1. The van der Waals surface area contributed by atoms with Crippen molar-refractivity contribution < 1.29 is 44.6 Å². The first-order valence-electron chi connectivity index (χ1n) is 5.60. The normalized spacial score (nSPS) is 36.7. The Morgan fingerprint density at radius 1 is 1.16 bits per heavy atom. The number of carboxylic acids is 2. The third-order valence-corrected chi connectivity index (χ3v) is 2.76. The van der Waals surface area contributed by atoms with Crippen molar-refractivity contribution in [3.8, 4) is 0 Å². The van der Waals surface area contributed by atoms with Gasteiger partial charge in [0.05, 0.1) is 0 Å². The third kappa shape index (κ3) is 3.39. The van der Waals surface area contributed by atoms with E-state index in [0.29, 0.717) is 0 Å². The Bertz CT molecular complexity index is 342. The van der Waals surface area contributed by atoms with Gasteiger partial charge < -0.3 is 35.0 Å². The number of carboxylic acid groups (broad SMARTS) is 2. The molecule has 0 aromatic heterocycles. The second kappa shape index (κ2) is 6.26. The Morgan fingerprint density at radius 3 is 2.16 bits per heavy atom. The van der Waals surface area contributed by atoms with Gasteiger partial charge in [0.15, 0.2) is 18.5 Å². The molecule has 0 saturated carbocycles. The molecule has 0 radical (unpaired) electrons. The summed E-state index contributed by atoms with van der Waals surface area (Å²) in [6, 6.07) is 0. The molecule has 9 nitrogen and oxygen atoms in total. The molecule has 5 N–H and O–H groups in total. The molecule has 19 heavy (non-hydrogen) atoms. The molecule has 0 aliphatic carbocycles. The second-order valence-electron chi connectivity index (χ2n) is 4.11. The van der Waals surface area contributed by atoms with E-state index in [1.165, 1.54) is 6.92 Å². The summed E-state index contributed by atoms with van der Waals surface area (Å²) in [4.78, 5) is 21.6. The summed E-state index contributed by atoms with van der Waals surface area (Å²) in [5.74, 6) is -2.87. The second-order valence-corrected chi connectivity index (χ2v) is 4.11. The molecule has 1 saturated heterocycles. The van der Waals surface area contributed by atoms with Gasteiger partial charge in [-0.3, -0.25) is 0 Å². The van der Waals surface area contributed by atoms with Crippen molar-refractivity contribution in [2.75, 3.05) is 0 Å². The summed E-state index contributed by atoms with van der Waals surface area (Å²) in [5, 5.41) is 46.1. The van der Waals surface area contributed by atoms with Crippen LogP contribution in [0, 0.1) is 0 Å². The molecule has 1 fully saturated rings. The molecule has 6 atom stereocenters. The van der Waals surface area contributed by atoms with E-state index in [9.17, 15) is 24.9 Å². The molecular weight excluding hydrogens is 264 g/mol. The molecule has 4 unspecified atom stereocenters. The highest BCUT2D eigenvalue weighted by Crippen LogP contribution is 2.23. The number of carbonyl (C=O) groups is 2. The van der Waals surface area contributed by atoms with Crippen LogP contribution in [-0.4, -0.2) is 74.3 Å². The Balaban J connectivity index is 2.82. The van der Waals surface area contributed by atoms with Crippen molar-refractivity contribution in [2.45, 2.75) is 50.2 Å². The summed E-state index contributed by atoms with van der Waals surface area (Å²) < 4.78 is 9.69. The van der Waals surface area contributed by atoms with Gasteiger partial charge in [-0.15, -0.1) is 0 Å². The number of aliphatic hydroxyl groups is 3. The van der Waals surface area contributed by atoms with Gasteiger partial charge in [0, 0.05) is 0 Å². The highest BCUT2D eigenvalue weighted by Gasteiger charge is 2.48. The molecule has 9 heteroatoms. The largest absolute Gasteiger partial charge is 0.479 e. The lowest BCUT2D eigenvalue weighted by Gasteiger charge is -2.39. The fourth-order valence-corrected chi connectivity index (χ4v) is 1.66. The van der Waals surface area contributed by atoms with Gasteiger partial charge in [0.2, 0.25) is 0 Å². The first-order chi connectivity index (χ1) is 8.79. The topological polar surface area (TPSA) is 154 Å². The van der Waals surface area contributed by atoms with Crippen molar-refractivity contribution in [3.05, 3.63) is 0 Å². The smallest absolute Gasteiger partial charge is 0.335 e. The van der Waals surface area contributed by atoms with Crippen LogP contribution in [0.25, 0.3) is 0 Å². The molecule has 1 heterocycles. The lowest BCUT2D eigenvalue weighted by molar-refractivity contribution is -0.303. The number of rotatable bonds is 5. The van der Waals surface area contributed by atoms with E-state index >= 15 is 0 Å². The van der Waals surface area contributed by atoms with Crippen LogP contribution in [0.3, 0.4) is 0 Å². The highest BCUT2D eigenvalue weighted by molar-refractivity contribution is 5.73. The van der Waals surface area contributed by atoms with Crippen molar-refractivity contribution in [3.63, 3.8) is 0 Å². The minimum atomic E-state index is -1.84. The maximum atomic E-state index is 10.8. The van der Waals surface area contributed by atoms with Crippen molar-refractivity contribution in [1.82, 2.24) is 0 Å². The molecular formula is C10H16O9. The fraction of sp³-hybridized carbons (Fsp3) is 0.800. The number of hydrogen-bond donors (Lipinski definition) is 5. The Kier molecular flexibility index (Phi) is 5.20. The van der Waals surface area contributed by atoms with Crippen LogP contribution in [-0.2, 0) is 19.1 Å². The molecule has 110 valence electrons. The summed E-state index contributed by atoms with van der Waals surface area (Å²) in [7, 11) is 0. The van der Waals surface area contributed by atoms with Gasteiger partial charge in [0.25, 0.3) is 0 Å². The summed E-state index contributed by atoms with van der Waals surface area (Å²) in [5.41, 5.74) is 0. The summed E-state index contributed by atoms with van der Waals surface area (Å²) in [6.45, 7) is 1.51. The number of aliphatic hydroxyl groups excluding tert-OH is 3. The van der Waals surface area contributed by atoms with Gasteiger partial charge in [-0.2, -0.15) is 0 Å². The van der Waals surface area contributed by atoms with E-state index in [1.807, 2.05) is 0 Å². The monoisotopic (exact) mass is 280 g/mol. The quantitative estimate of drug-likeness (QED) is 0.376. The van der Waals surface area contributed by atoms with E-state index < -0.39 is 48.7 Å². The van der Waals surface area contributed by atoms with Crippen LogP contribution in [0.2, 0.25) is 0 Å². The van der Waals surface area contributed by atoms with E-state index in [2.05, 4.69) is 0 Å². The molecule has 0 amide bonds. The molecule has 1 aliphatic heterocycles. The van der Waals surface area contributed by atoms with Gasteiger partial charge in [-0.1, -0.05) is 6.92 Å². The highest BCUT2D eigenvalue weighted by atomic mass is 16.7. The number of hydrogen-bond acceptors (Lipinski definition) is 7. The Labute approximate surface area is 108 Å². The summed E-state index contributed by atoms with van der Waals surface area (Å²) >= 11 is 0. The van der Waals surface area contributed by atoms with Crippen molar-refractivity contribution >= 4 is 11.9 Å². The maximum Gasteiger partial charge on any atom is 0.335 e. The van der Waals surface area contributed by atoms with E-state index in [4.69, 9.17) is 19.7 Å². The summed E-state index contributed by atoms with van der Waals surface area (Å²) in [6.07, 6.45) is -10.1. The zero-order valence-corrected chi connectivity index (χ0v) is 10.0. The predicted octanol–water partition coefficient (Wildman–Crippen LogP) is -2.24.